The van der Waals surface area contributed by atoms with Gasteiger partial charge in [0.05, 0.1) is 5.75 Å². The highest BCUT2D eigenvalue weighted by Gasteiger charge is 2.33. The van der Waals surface area contributed by atoms with E-state index < -0.39 is 31.8 Å². The summed E-state index contributed by atoms with van der Waals surface area (Å²) in [5, 5.41) is 7.77. The molecule has 30 heavy (non-hydrogen) atoms. The second-order valence-corrected chi connectivity index (χ2v) is 10.6. The molecule has 3 rings (SSSR count). The van der Waals surface area contributed by atoms with Gasteiger partial charge in [-0.3, -0.25) is 4.79 Å². The predicted octanol–water partition coefficient (Wildman–Crippen LogP) is 1.65. The molecule has 0 radical (unpaired) electrons. The molecule has 0 atom stereocenters. The molecule has 3 N–H and O–H groups in total. The fraction of sp³-hybridized carbons (Fsp3) is 0.316. The molecule has 1 aliphatic rings. The van der Waals surface area contributed by atoms with E-state index in [1.54, 1.807) is 18.2 Å². The van der Waals surface area contributed by atoms with Crippen LogP contribution in [0, 0.1) is 11.7 Å². The van der Waals surface area contributed by atoms with Crippen molar-refractivity contribution < 1.29 is 26.0 Å². The SMILES string of the molecule is NS(=O)(=O)Cc1cccc(NC(=O)C2CCN(S(=O)(=O)c3ccccc3F)CC2)c1. The summed E-state index contributed by atoms with van der Waals surface area (Å²) in [5.74, 6) is -1.86. The van der Waals surface area contributed by atoms with E-state index in [4.69, 9.17) is 5.14 Å². The van der Waals surface area contributed by atoms with Gasteiger partial charge in [0.1, 0.15) is 10.7 Å². The Balaban J connectivity index is 1.62. The largest absolute Gasteiger partial charge is 0.326 e. The molecular formula is C19H22FN3O5S2. The van der Waals surface area contributed by atoms with Gasteiger partial charge in [0.25, 0.3) is 0 Å². The molecule has 1 fully saturated rings. The van der Waals surface area contributed by atoms with Crippen molar-refractivity contribution >= 4 is 31.6 Å². The summed E-state index contributed by atoms with van der Waals surface area (Å²) in [5.41, 5.74) is 0.878. The van der Waals surface area contributed by atoms with Crippen LogP contribution in [0.25, 0.3) is 0 Å². The van der Waals surface area contributed by atoms with Crippen molar-refractivity contribution in [1.29, 1.82) is 0 Å². The zero-order chi connectivity index (χ0) is 21.9. The van der Waals surface area contributed by atoms with Crippen molar-refractivity contribution in [2.75, 3.05) is 18.4 Å². The lowest BCUT2D eigenvalue weighted by atomic mass is 9.97. The number of hydrogen-bond acceptors (Lipinski definition) is 5. The average molecular weight is 456 g/mol. The molecule has 0 unspecified atom stereocenters. The number of nitrogens with zero attached hydrogens (tertiary/aromatic N) is 1. The molecule has 11 heteroatoms. The fourth-order valence-corrected chi connectivity index (χ4v) is 5.55. The van der Waals surface area contributed by atoms with E-state index in [0.29, 0.717) is 11.3 Å². The molecule has 0 bridgehead atoms. The quantitative estimate of drug-likeness (QED) is 0.685. The first kappa shape index (κ1) is 22.3. The first-order valence-corrected chi connectivity index (χ1v) is 12.4. The lowest BCUT2D eigenvalue weighted by molar-refractivity contribution is -0.120. The highest BCUT2D eigenvalue weighted by molar-refractivity contribution is 7.89. The van der Waals surface area contributed by atoms with Crippen LogP contribution in [-0.2, 0) is 30.6 Å². The fourth-order valence-electron chi connectivity index (χ4n) is 3.37. The Morgan fingerprint density at radius 2 is 1.73 bits per heavy atom. The van der Waals surface area contributed by atoms with Gasteiger partial charge in [-0.2, -0.15) is 4.31 Å². The lowest BCUT2D eigenvalue weighted by Crippen LogP contribution is -2.41. The van der Waals surface area contributed by atoms with E-state index in [0.717, 1.165) is 6.07 Å². The third-order valence-electron chi connectivity index (χ3n) is 4.84. The van der Waals surface area contributed by atoms with Crippen LogP contribution in [0.1, 0.15) is 18.4 Å². The minimum absolute atomic E-state index is 0.0974. The number of benzene rings is 2. The number of carbonyl (C=O) groups is 1. The number of nitrogens with one attached hydrogen (secondary N) is 1. The maximum atomic E-state index is 13.9. The van der Waals surface area contributed by atoms with Crippen LogP contribution in [0.4, 0.5) is 10.1 Å². The minimum atomic E-state index is -3.97. The van der Waals surface area contributed by atoms with Crippen LogP contribution in [-0.4, -0.2) is 40.1 Å². The van der Waals surface area contributed by atoms with Gasteiger partial charge in [-0.15, -0.1) is 0 Å². The van der Waals surface area contributed by atoms with Crippen LogP contribution in [0.2, 0.25) is 0 Å². The van der Waals surface area contributed by atoms with Gasteiger partial charge in [0, 0.05) is 24.7 Å². The van der Waals surface area contributed by atoms with Crippen molar-refractivity contribution in [3.63, 3.8) is 0 Å². The molecule has 1 amide bonds. The molecule has 0 aliphatic carbocycles. The summed E-state index contributed by atoms with van der Waals surface area (Å²) >= 11 is 0. The Bertz CT molecular complexity index is 1140. The summed E-state index contributed by atoms with van der Waals surface area (Å²) in [7, 11) is -7.66. The number of anilines is 1. The number of amides is 1. The molecular weight excluding hydrogens is 433 g/mol. The molecule has 1 heterocycles. The molecule has 2 aromatic rings. The van der Waals surface area contributed by atoms with E-state index in [1.165, 1.54) is 28.6 Å². The summed E-state index contributed by atoms with van der Waals surface area (Å²) in [6, 6.07) is 11.5. The van der Waals surface area contributed by atoms with E-state index in [2.05, 4.69) is 5.32 Å². The van der Waals surface area contributed by atoms with Crippen LogP contribution in [0.3, 0.4) is 0 Å². The second kappa shape index (κ2) is 8.80. The Morgan fingerprint density at radius 3 is 2.37 bits per heavy atom. The van der Waals surface area contributed by atoms with E-state index in [1.807, 2.05) is 0 Å². The smallest absolute Gasteiger partial charge is 0.245 e. The number of hydrogen-bond donors (Lipinski definition) is 2. The van der Waals surface area contributed by atoms with Crippen molar-refractivity contribution in [3.05, 3.63) is 59.9 Å². The van der Waals surface area contributed by atoms with Gasteiger partial charge in [-0.05, 0) is 42.7 Å². The first-order valence-electron chi connectivity index (χ1n) is 9.21. The van der Waals surface area contributed by atoms with Gasteiger partial charge in [0.2, 0.25) is 26.0 Å². The number of piperidine rings is 1. The molecule has 0 saturated carbocycles. The van der Waals surface area contributed by atoms with Crippen LogP contribution >= 0.6 is 0 Å². The number of rotatable bonds is 6. The summed E-state index contributed by atoms with van der Waals surface area (Å²) in [6.45, 7) is 0.195. The van der Waals surface area contributed by atoms with Crippen LogP contribution in [0.15, 0.2) is 53.4 Å². The number of sulfonamides is 2. The monoisotopic (exact) mass is 455 g/mol. The third-order valence-corrected chi connectivity index (χ3v) is 7.51. The molecule has 1 saturated heterocycles. The van der Waals surface area contributed by atoms with Crippen molar-refractivity contribution in [3.8, 4) is 0 Å². The maximum absolute atomic E-state index is 13.9. The summed E-state index contributed by atoms with van der Waals surface area (Å²) < 4.78 is 62.9. The molecule has 0 spiro atoms. The lowest BCUT2D eigenvalue weighted by Gasteiger charge is -2.30. The first-order chi connectivity index (χ1) is 14.1. The minimum Gasteiger partial charge on any atom is -0.326 e. The molecule has 2 aromatic carbocycles. The molecule has 162 valence electrons. The van der Waals surface area contributed by atoms with Crippen molar-refractivity contribution in [2.45, 2.75) is 23.5 Å². The number of carbonyl (C=O) groups excluding carboxylic acids is 1. The molecule has 1 aliphatic heterocycles. The van der Waals surface area contributed by atoms with Crippen LogP contribution in [0.5, 0.6) is 0 Å². The van der Waals surface area contributed by atoms with E-state index >= 15 is 0 Å². The highest BCUT2D eigenvalue weighted by atomic mass is 32.2. The van der Waals surface area contributed by atoms with Crippen LogP contribution < -0.4 is 10.5 Å². The normalized spacial score (nSPS) is 16.3. The summed E-state index contributed by atoms with van der Waals surface area (Å²) in [4.78, 5) is 12.2. The van der Waals surface area contributed by atoms with Gasteiger partial charge in [0.15, 0.2) is 0 Å². The second-order valence-electron chi connectivity index (χ2n) is 7.11. The Labute approximate surface area is 175 Å². The average Bonchev–Trinajstić information content (AvgIpc) is 2.67. The van der Waals surface area contributed by atoms with Gasteiger partial charge >= 0.3 is 0 Å². The highest BCUT2D eigenvalue weighted by Crippen LogP contribution is 2.26. The molecule has 8 nitrogen and oxygen atoms in total. The Hall–Kier alpha value is -2.34. The standard InChI is InChI=1S/C19H22FN3O5S2/c20-17-6-1-2-7-18(17)30(27,28)23-10-8-15(9-11-23)19(24)22-16-5-3-4-14(12-16)13-29(21,25)26/h1-7,12,15H,8-11,13H2,(H,22,24)(H2,21,25,26). The number of nitrogens with two attached hydrogens (primary N) is 1. The Kier molecular flexibility index (Phi) is 6.56. The maximum Gasteiger partial charge on any atom is 0.245 e. The van der Waals surface area contributed by atoms with Gasteiger partial charge in [-0.25, -0.2) is 26.4 Å². The Morgan fingerprint density at radius 1 is 1.07 bits per heavy atom. The number of halogens is 1. The molecule has 0 aromatic heterocycles. The van der Waals surface area contributed by atoms with E-state index in [9.17, 15) is 26.0 Å². The van der Waals surface area contributed by atoms with Gasteiger partial charge in [-0.1, -0.05) is 24.3 Å². The summed E-state index contributed by atoms with van der Waals surface area (Å²) in [6.07, 6.45) is 0.576. The van der Waals surface area contributed by atoms with Gasteiger partial charge < -0.3 is 5.32 Å². The zero-order valence-corrected chi connectivity index (χ0v) is 17.6. The zero-order valence-electron chi connectivity index (χ0n) is 16.0. The predicted molar refractivity (Wildman–Crippen MR) is 110 cm³/mol. The third kappa shape index (κ3) is 5.42. The number of primary sulfonamides is 1. The topological polar surface area (TPSA) is 127 Å². The van der Waals surface area contributed by atoms with Crippen molar-refractivity contribution in [1.82, 2.24) is 4.31 Å². The van der Waals surface area contributed by atoms with E-state index in [-0.39, 0.29) is 42.5 Å². The van der Waals surface area contributed by atoms with Crippen molar-refractivity contribution in [2.24, 2.45) is 11.1 Å².